The molecule has 1 unspecified atom stereocenters. The minimum Gasteiger partial charge on any atom is -0.493 e. The minimum absolute atomic E-state index is 0.0177. The first-order valence-electron chi connectivity index (χ1n) is 7.76. The van der Waals surface area contributed by atoms with E-state index in [0.717, 1.165) is 11.1 Å². The van der Waals surface area contributed by atoms with Crippen molar-refractivity contribution >= 4 is 24.0 Å². The molecule has 1 aliphatic rings. The maximum atomic E-state index is 11.9. The van der Waals surface area contributed by atoms with Gasteiger partial charge in [0.1, 0.15) is 12.4 Å². The minimum atomic E-state index is -0.996. The number of hydrogen-bond acceptors (Lipinski definition) is 5. The highest BCUT2D eigenvalue weighted by atomic mass is 32.2. The van der Waals surface area contributed by atoms with Crippen LogP contribution in [0.1, 0.15) is 33.2 Å². The summed E-state index contributed by atoms with van der Waals surface area (Å²) in [6.07, 6.45) is 0.201. The maximum absolute atomic E-state index is 11.9. The quantitative estimate of drug-likeness (QED) is 0.790. The number of aromatic carboxylic acids is 1. The zero-order chi connectivity index (χ0) is 17.6. The Morgan fingerprint density at radius 3 is 2.80 bits per heavy atom. The Labute approximate surface area is 149 Å². The molecule has 0 saturated heterocycles. The lowest BCUT2D eigenvalue weighted by atomic mass is 10.0. The van der Waals surface area contributed by atoms with E-state index in [-0.39, 0.29) is 17.4 Å². The largest absolute Gasteiger partial charge is 0.493 e. The topological polar surface area (TPSA) is 84.9 Å². The molecule has 0 fully saturated rings. The fourth-order valence-electron chi connectivity index (χ4n) is 2.48. The first kappa shape index (κ1) is 17.2. The van der Waals surface area contributed by atoms with Gasteiger partial charge in [0, 0.05) is 5.56 Å². The van der Waals surface area contributed by atoms with Crippen LogP contribution in [0.2, 0.25) is 0 Å². The van der Waals surface area contributed by atoms with E-state index in [9.17, 15) is 9.59 Å². The second kappa shape index (κ2) is 7.94. The van der Waals surface area contributed by atoms with Crippen molar-refractivity contribution in [3.63, 3.8) is 0 Å². The number of carboxylic acid groups (broad SMARTS) is 1. The lowest BCUT2D eigenvalue weighted by Gasteiger charge is -2.25. The van der Waals surface area contributed by atoms with Crippen molar-refractivity contribution in [1.82, 2.24) is 4.72 Å². The summed E-state index contributed by atoms with van der Waals surface area (Å²) in [5.74, 6) is -0.452. The Morgan fingerprint density at radius 2 is 2.04 bits per heavy atom. The van der Waals surface area contributed by atoms with Crippen molar-refractivity contribution in [2.45, 2.75) is 18.3 Å². The lowest BCUT2D eigenvalue weighted by molar-refractivity contribution is 0.0696. The summed E-state index contributed by atoms with van der Waals surface area (Å²) >= 11 is 1.25. The molecular weight excluding hydrogens is 342 g/mol. The molecule has 1 heterocycles. The first-order chi connectivity index (χ1) is 12.1. The summed E-state index contributed by atoms with van der Waals surface area (Å²) in [7, 11) is 0. The van der Waals surface area contributed by atoms with Crippen LogP contribution >= 0.6 is 11.9 Å². The molecule has 0 spiro atoms. The van der Waals surface area contributed by atoms with Gasteiger partial charge in [0.15, 0.2) is 0 Å². The van der Waals surface area contributed by atoms with Gasteiger partial charge in [0.05, 0.1) is 17.4 Å². The Hall–Kier alpha value is -2.67. The lowest BCUT2D eigenvalue weighted by Crippen LogP contribution is -2.21. The summed E-state index contributed by atoms with van der Waals surface area (Å²) in [5.41, 5.74) is 1.96. The van der Waals surface area contributed by atoms with Crippen LogP contribution in [-0.2, 0) is 11.3 Å². The van der Waals surface area contributed by atoms with Crippen molar-refractivity contribution in [1.29, 1.82) is 0 Å². The third kappa shape index (κ3) is 4.45. The fraction of sp³-hybridized carbons (Fsp3) is 0.222. The number of carboxylic acids is 1. The zero-order valence-electron chi connectivity index (χ0n) is 13.3. The van der Waals surface area contributed by atoms with Gasteiger partial charge in [-0.05, 0) is 36.1 Å². The molecular formula is C18H17NO5S. The van der Waals surface area contributed by atoms with Crippen molar-refractivity contribution in [2.24, 2.45) is 0 Å². The van der Waals surface area contributed by atoms with Crippen molar-refractivity contribution in [3.05, 3.63) is 65.2 Å². The normalized spacial score (nSPS) is 15.6. The van der Waals surface area contributed by atoms with Crippen LogP contribution in [0.4, 0.5) is 4.79 Å². The predicted molar refractivity (Wildman–Crippen MR) is 93.6 cm³/mol. The van der Waals surface area contributed by atoms with Gasteiger partial charge in [0.25, 0.3) is 0 Å². The molecule has 1 atom stereocenters. The molecule has 1 aliphatic heterocycles. The van der Waals surface area contributed by atoms with E-state index in [0.29, 0.717) is 18.8 Å². The first-order valence-corrected chi connectivity index (χ1v) is 8.64. The molecule has 2 N–H and O–H groups in total. The number of nitrogens with one attached hydrogen (secondary N) is 1. The number of amides is 1. The van der Waals surface area contributed by atoms with Gasteiger partial charge in [0.2, 0.25) is 0 Å². The Kier molecular flexibility index (Phi) is 5.45. The molecule has 130 valence electrons. The number of ether oxygens (including phenoxy) is 2. The van der Waals surface area contributed by atoms with Crippen molar-refractivity contribution in [3.8, 4) is 5.75 Å². The third-order valence-corrected chi connectivity index (χ3v) is 4.80. The van der Waals surface area contributed by atoms with E-state index in [1.165, 1.54) is 24.1 Å². The van der Waals surface area contributed by atoms with Gasteiger partial charge >= 0.3 is 12.1 Å². The average Bonchev–Trinajstić information content (AvgIpc) is 2.65. The zero-order valence-corrected chi connectivity index (χ0v) is 14.1. The number of carbonyl (C=O) groups excluding carboxylic acids is 1. The molecule has 25 heavy (non-hydrogen) atoms. The summed E-state index contributed by atoms with van der Waals surface area (Å²) in [4.78, 5) is 22.9. The summed E-state index contributed by atoms with van der Waals surface area (Å²) < 4.78 is 13.4. The van der Waals surface area contributed by atoms with E-state index in [2.05, 4.69) is 4.72 Å². The van der Waals surface area contributed by atoms with E-state index in [4.69, 9.17) is 14.6 Å². The van der Waals surface area contributed by atoms with Crippen LogP contribution in [0, 0.1) is 0 Å². The smallest absolute Gasteiger partial charge is 0.417 e. The van der Waals surface area contributed by atoms with Gasteiger partial charge in [-0.1, -0.05) is 36.4 Å². The van der Waals surface area contributed by atoms with Gasteiger partial charge in [-0.3, -0.25) is 4.72 Å². The van der Waals surface area contributed by atoms with Crippen molar-refractivity contribution in [2.75, 3.05) is 6.61 Å². The van der Waals surface area contributed by atoms with Crippen LogP contribution < -0.4 is 9.46 Å². The highest BCUT2D eigenvalue weighted by Crippen LogP contribution is 2.40. The Balaban J connectivity index is 1.55. The molecule has 3 rings (SSSR count). The highest BCUT2D eigenvalue weighted by Gasteiger charge is 2.24. The van der Waals surface area contributed by atoms with Crippen LogP contribution in [0.3, 0.4) is 0 Å². The van der Waals surface area contributed by atoms with Gasteiger partial charge in [-0.2, -0.15) is 0 Å². The molecule has 0 radical (unpaired) electrons. The van der Waals surface area contributed by atoms with Crippen LogP contribution in [-0.4, -0.2) is 23.8 Å². The van der Waals surface area contributed by atoms with Gasteiger partial charge in [-0.25, -0.2) is 9.59 Å². The highest BCUT2D eigenvalue weighted by molar-refractivity contribution is 7.98. The number of benzene rings is 2. The van der Waals surface area contributed by atoms with Gasteiger partial charge in [-0.15, -0.1) is 0 Å². The maximum Gasteiger partial charge on any atom is 0.417 e. The van der Waals surface area contributed by atoms with E-state index < -0.39 is 12.1 Å². The Bertz CT molecular complexity index is 765. The van der Waals surface area contributed by atoms with Crippen LogP contribution in [0.15, 0.2) is 48.5 Å². The van der Waals surface area contributed by atoms with E-state index in [1.807, 2.05) is 30.3 Å². The molecule has 6 nitrogen and oxygen atoms in total. The average molecular weight is 359 g/mol. The molecule has 1 amide bonds. The number of rotatable bonds is 5. The molecule has 0 saturated carbocycles. The predicted octanol–water partition coefficient (Wildman–Crippen LogP) is 3.78. The van der Waals surface area contributed by atoms with Crippen molar-refractivity contribution < 1.29 is 24.2 Å². The number of carbonyl (C=O) groups is 2. The van der Waals surface area contributed by atoms with Crippen LogP contribution in [0.5, 0.6) is 5.75 Å². The molecule has 2 aromatic rings. The third-order valence-electron chi connectivity index (χ3n) is 3.74. The SMILES string of the molecule is O=C(NSC1CCOc2cc(C(=O)O)ccc21)OCc1ccccc1. The molecule has 0 aliphatic carbocycles. The second-order valence-corrected chi connectivity index (χ2v) is 6.47. The van der Waals surface area contributed by atoms with E-state index in [1.54, 1.807) is 6.07 Å². The van der Waals surface area contributed by atoms with Crippen LogP contribution in [0.25, 0.3) is 0 Å². The second-order valence-electron chi connectivity index (χ2n) is 5.47. The van der Waals surface area contributed by atoms with Gasteiger partial charge < -0.3 is 14.6 Å². The number of fused-ring (bicyclic) bond motifs is 1. The van der Waals surface area contributed by atoms with E-state index >= 15 is 0 Å². The molecule has 0 bridgehead atoms. The summed E-state index contributed by atoms with van der Waals surface area (Å²) in [6, 6.07) is 14.2. The summed E-state index contributed by atoms with van der Waals surface area (Å²) in [5, 5.41) is 9.03. The molecule has 7 heteroatoms. The molecule has 2 aromatic carbocycles. The fourth-order valence-corrected chi connectivity index (χ4v) is 3.32. The monoisotopic (exact) mass is 359 g/mol. The standard InChI is InChI=1S/C18H17NO5S/c20-17(21)13-6-7-14-15(10-13)23-9-8-16(14)25-19-18(22)24-11-12-4-2-1-3-5-12/h1-7,10,16H,8-9,11H2,(H,19,22)(H,20,21). The summed E-state index contributed by atoms with van der Waals surface area (Å²) in [6.45, 7) is 0.675. The Morgan fingerprint density at radius 1 is 1.24 bits per heavy atom. The molecule has 0 aromatic heterocycles. The number of hydrogen-bond donors (Lipinski definition) is 2.